The lowest BCUT2D eigenvalue weighted by molar-refractivity contribution is 0.973. The number of hydrazone groups is 2. The molecule has 0 amide bonds. The SMILES string of the molecule is CCN=C(N)N/N=C(\C)c1ccc2c(c1)Cc1cc(/C(C)=N/NC(N)=NCC)ccc1-2. The van der Waals surface area contributed by atoms with Crippen molar-refractivity contribution in [1.82, 2.24) is 10.9 Å². The van der Waals surface area contributed by atoms with Crippen molar-refractivity contribution in [2.45, 2.75) is 34.1 Å². The summed E-state index contributed by atoms with van der Waals surface area (Å²) in [5, 5.41) is 8.68. The number of nitrogens with two attached hydrogens (primary N) is 2. The number of nitrogens with one attached hydrogen (secondary N) is 2. The summed E-state index contributed by atoms with van der Waals surface area (Å²) in [7, 11) is 0. The molecule has 3 rings (SSSR count). The van der Waals surface area contributed by atoms with Gasteiger partial charge in [-0.25, -0.2) is 10.9 Å². The Kier molecular flexibility index (Phi) is 7.02. The van der Waals surface area contributed by atoms with E-state index in [-0.39, 0.29) is 0 Å². The summed E-state index contributed by atoms with van der Waals surface area (Å²) in [6, 6.07) is 12.9. The fraction of sp³-hybridized carbons (Fsp3) is 0.304. The van der Waals surface area contributed by atoms with Crippen LogP contribution in [0.3, 0.4) is 0 Å². The third kappa shape index (κ3) is 5.28. The van der Waals surface area contributed by atoms with Crippen LogP contribution < -0.4 is 22.3 Å². The van der Waals surface area contributed by atoms with Crippen LogP contribution in [-0.2, 0) is 6.42 Å². The Morgan fingerprint density at radius 3 is 1.58 bits per heavy atom. The molecule has 0 heterocycles. The second-order valence-corrected chi connectivity index (χ2v) is 7.26. The van der Waals surface area contributed by atoms with E-state index in [9.17, 15) is 0 Å². The first-order chi connectivity index (χ1) is 14.9. The van der Waals surface area contributed by atoms with Gasteiger partial charge in [0.15, 0.2) is 0 Å². The zero-order valence-corrected chi connectivity index (χ0v) is 18.5. The molecule has 1 aliphatic rings. The van der Waals surface area contributed by atoms with E-state index in [1.54, 1.807) is 0 Å². The number of benzene rings is 2. The van der Waals surface area contributed by atoms with E-state index in [1.807, 2.05) is 27.7 Å². The minimum absolute atomic E-state index is 0.317. The van der Waals surface area contributed by atoms with Crippen molar-refractivity contribution in [3.63, 3.8) is 0 Å². The molecule has 0 unspecified atom stereocenters. The smallest absolute Gasteiger partial charge is 0.209 e. The number of hydrogen-bond acceptors (Lipinski definition) is 4. The van der Waals surface area contributed by atoms with E-state index >= 15 is 0 Å². The second kappa shape index (κ2) is 9.88. The molecule has 0 saturated carbocycles. The Morgan fingerprint density at radius 1 is 0.774 bits per heavy atom. The van der Waals surface area contributed by atoms with Gasteiger partial charge in [-0.05, 0) is 79.6 Å². The van der Waals surface area contributed by atoms with Crippen molar-refractivity contribution >= 4 is 23.3 Å². The molecule has 1 aliphatic carbocycles. The monoisotopic (exact) mass is 418 g/mol. The topological polar surface area (TPSA) is 126 Å². The molecule has 0 bridgehead atoms. The molecular formula is C23H30N8. The lowest BCUT2D eigenvalue weighted by Crippen LogP contribution is -2.28. The van der Waals surface area contributed by atoms with Gasteiger partial charge in [-0.1, -0.05) is 24.3 Å². The number of fused-ring (bicyclic) bond motifs is 3. The van der Waals surface area contributed by atoms with Crippen molar-refractivity contribution in [3.05, 3.63) is 58.7 Å². The summed E-state index contributed by atoms with van der Waals surface area (Å²) >= 11 is 0. The van der Waals surface area contributed by atoms with Crippen LogP contribution in [0.25, 0.3) is 11.1 Å². The highest BCUT2D eigenvalue weighted by Crippen LogP contribution is 2.37. The molecule has 0 atom stereocenters. The predicted octanol–water partition coefficient (Wildman–Crippen LogP) is 2.55. The average Bonchev–Trinajstić information content (AvgIpc) is 3.13. The fourth-order valence-electron chi connectivity index (χ4n) is 3.48. The summed E-state index contributed by atoms with van der Waals surface area (Å²) in [5.74, 6) is 0.634. The minimum Gasteiger partial charge on any atom is -0.369 e. The molecule has 2 aromatic rings. The van der Waals surface area contributed by atoms with Gasteiger partial charge in [-0.2, -0.15) is 10.2 Å². The summed E-state index contributed by atoms with van der Waals surface area (Å²) < 4.78 is 0. The summed E-state index contributed by atoms with van der Waals surface area (Å²) in [6.45, 7) is 8.99. The van der Waals surface area contributed by atoms with E-state index < -0.39 is 0 Å². The van der Waals surface area contributed by atoms with E-state index in [2.05, 4.69) is 67.4 Å². The molecule has 162 valence electrons. The maximum atomic E-state index is 5.75. The highest BCUT2D eigenvalue weighted by atomic mass is 15.4. The van der Waals surface area contributed by atoms with Crippen molar-refractivity contribution in [2.75, 3.05) is 13.1 Å². The van der Waals surface area contributed by atoms with Crippen LogP contribution in [0.4, 0.5) is 0 Å². The second-order valence-electron chi connectivity index (χ2n) is 7.26. The zero-order valence-electron chi connectivity index (χ0n) is 18.5. The van der Waals surface area contributed by atoms with Crippen LogP contribution in [0.2, 0.25) is 0 Å². The van der Waals surface area contributed by atoms with Gasteiger partial charge in [0, 0.05) is 13.1 Å². The lowest BCUT2D eigenvalue weighted by Gasteiger charge is -2.07. The van der Waals surface area contributed by atoms with Crippen molar-refractivity contribution in [1.29, 1.82) is 0 Å². The van der Waals surface area contributed by atoms with Gasteiger partial charge in [0.2, 0.25) is 11.9 Å². The van der Waals surface area contributed by atoms with E-state index in [0.29, 0.717) is 25.0 Å². The zero-order chi connectivity index (χ0) is 22.4. The van der Waals surface area contributed by atoms with E-state index in [1.165, 1.54) is 22.3 Å². The van der Waals surface area contributed by atoms with Gasteiger partial charge in [0.05, 0.1) is 11.4 Å². The molecule has 0 aromatic heterocycles. The van der Waals surface area contributed by atoms with Crippen molar-refractivity contribution in [3.8, 4) is 11.1 Å². The molecule has 8 heteroatoms. The molecule has 6 N–H and O–H groups in total. The lowest BCUT2D eigenvalue weighted by atomic mass is 10.0. The van der Waals surface area contributed by atoms with Crippen molar-refractivity contribution in [2.24, 2.45) is 31.7 Å². The van der Waals surface area contributed by atoms with Gasteiger partial charge >= 0.3 is 0 Å². The van der Waals surface area contributed by atoms with Crippen LogP contribution in [0.5, 0.6) is 0 Å². The Bertz CT molecular complexity index is 993. The number of hydrogen-bond donors (Lipinski definition) is 4. The Morgan fingerprint density at radius 2 is 1.19 bits per heavy atom. The molecule has 2 aromatic carbocycles. The third-order valence-corrected chi connectivity index (χ3v) is 5.05. The summed E-state index contributed by atoms with van der Waals surface area (Å²) in [4.78, 5) is 8.16. The van der Waals surface area contributed by atoms with Crippen LogP contribution in [-0.4, -0.2) is 36.4 Å². The van der Waals surface area contributed by atoms with Crippen LogP contribution in [0.15, 0.2) is 56.6 Å². The first-order valence-corrected chi connectivity index (χ1v) is 10.4. The molecule has 0 spiro atoms. The number of aliphatic imine (C=N–C) groups is 2. The summed E-state index contributed by atoms with van der Waals surface area (Å²) in [5.41, 5.74) is 26.0. The third-order valence-electron chi connectivity index (χ3n) is 5.05. The molecule has 0 aliphatic heterocycles. The maximum absolute atomic E-state index is 5.75. The first-order valence-electron chi connectivity index (χ1n) is 10.4. The number of nitrogens with zero attached hydrogens (tertiary/aromatic N) is 4. The highest BCUT2D eigenvalue weighted by Gasteiger charge is 2.20. The molecular weight excluding hydrogens is 388 g/mol. The molecule has 0 saturated heterocycles. The van der Waals surface area contributed by atoms with Gasteiger partial charge in [-0.3, -0.25) is 9.98 Å². The minimum atomic E-state index is 0.317. The Hall–Kier alpha value is -3.68. The van der Waals surface area contributed by atoms with Crippen molar-refractivity contribution < 1.29 is 0 Å². The van der Waals surface area contributed by atoms with Crippen LogP contribution >= 0.6 is 0 Å². The van der Waals surface area contributed by atoms with Gasteiger partial charge in [0.25, 0.3) is 0 Å². The molecule has 0 fully saturated rings. The quantitative estimate of drug-likeness (QED) is 0.279. The van der Waals surface area contributed by atoms with E-state index in [0.717, 1.165) is 29.0 Å². The number of guanidine groups is 2. The predicted molar refractivity (Wildman–Crippen MR) is 130 cm³/mol. The van der Waals surface area contributed by atoms with E-state index in [4.69, 9.17) is 11.5 Å². The molecule has 31 heavy (non-hydrogen) atoms. The first kappa shape index (κ1) is 22.0. The average molecular weight is 419 g/mol. The van der Waals surface area contributed by atoms with Crippen LogP contribution in [0.1, 0.15) is 49.9 Å². The largest absolute Gasteiger partial charge is 0.369 e. The molecule has 8 nitrogen and oxygen atoms in total. The maximum Gasteiger partial charge on any atom is 0.209 e. The highest BCUT2D eigenvalue weighted by molar-refractivity contribution is 6.02. The van der Waals surface area contributed by atoms with Crippen LogP contribution in [0, 0.1) is 0 Å². The normalized spacial score (nSPS) is 14.3. The molecule has 0 radical (unpaired) electrons. The summed E-state index contributed by atoms with van der Waals surface area (Å²) in [6.07, 6.45) is 0.868. The number of rotatable bonds is 6. The standard InChI is InChI=1S/C23H30N8/c1-5-26-22(24)30-28-14(3)16-7-9-20-18(11-16)13-19-12-17(8-10-21(19)20)15(4)29-31-23(25)27-6-2/h7-12H,5-6,13H2,1-4H3,(H3,24,26,30)(H3,25,27,31)/b28-14+,29-15+. The Balaban J connectivity index is 1.79. The Labute approximate surface area is 183 Å². The fourth-order valence-corrected chi connectivity index (χ4v) is 3.48. The van der Waals surface area contributed by atoms with Gasteiger partial charge in [-0.15, -0.1) is 0 Å². The van der Waals surface area contributed by atoms with Gasteiger partial charge in [0.1, 0.15) is 0 Å². The van der Waals surface area contributed by atoms with Gasteiger partial charge < -0.3 is 11.5 Å².